The van der Waals surface area contributed by atoms with E-state index in [1.807, 2.05) is 40.0 Å². The van der Waals surface area contributed by atoms with E-state index in [1.54, 1.807) is 17.0 Å². The Hall–Kier alpha value is -5.71. The molecule has 0 bridgehead atoms. The van der Waals surface area contributed by atoms with Gasteiger partial charge in [-0.3, -0.25) is 34.2 Å². The van der Waals surface area contributed by atoms with Crippen molar-refractivity contribution in [3.8, 4) is 5.75 Å². The van der Waals surface area contributed by atoms with E-state index in [2.05, 4.69) is 25.4 Å². The van der Waals surface area contributed by atoms with Gasteiger partial charge in [0.25, 0.3) is 5.91 Å². The highest BCUT2D eigenvalue weighted by molar-refractivity contribution is 6.06. The Kier molecular flexibility index (Phi) is 11.5. The molecule has 0 unspecified atom stereocenters. The van der Waals surface area contributed by atoms with E-state index in [9.17, 15) is 32.3 Å². The van der Waals surface area contributed by atoms with E-state index in [0.717, 1.165) is 113 Å². The lowest BCUT2D eigenvalue weighted by atomic mass is 9.85. The van der Waals surface area contributed by atoms with Crippen LogP contribution in [0.15, 0.2) is 60.8 Å². The van der Waals surface area contributed by atoms with Crippen LogP contribution < -0.4 is 25.2 Å². The van der Waals surface area contributed by atoms with Gasteiger partial charge in [0.05, 0.1) is 24.4 Å². The molecule has 14 nitrogen and oxygen atoms in total. The van der Waals surface area contributed by atoms with Crippen molar-refractivity contribution in [3.63, 3.8) is 0 Å². The fourth-order valence-corrected chi connectivity index (χ4v) is 8.84. The van der Waals surface area contributed by atoms with Crippen LogP contribution in [0.1, 0.15) is 67.2 Å². The van der Waals surface area contributed by atoms with Crippen molar-refractivity contribution in [2.24, 2.45) is 11.8 Å². The van der Waals surface area contributed by atoms with Crippen molar-refractivity contribution in [2.75, 3.05) is 74.6 Å². The quantitative estimate of drug-likeness (QED) is 0.210. The largest absolute Gasteiger partial charge is 0.494 e. The second-order valence-electron chi connectivity index (χ2n) is 15.9. The minimum absolute atomic E-state index is 0.0223. The van der Waals surface area contributed by atoms with Crippen molar-refractivity contribution >= 4 is 51.7 Å². The molecule has 4 aromatic rings. The number of imide groups is 1. The maximum absolute atomic E-state index is 13.6. The van der Waals surface area contributed by atoms with E-state index in [1.165, 1.54) is 13.2 Å². The predicted octanol–water partition coefficient (Wildman–Crippen LogP) is 5.95. The molecule has 1 saturated carbocycles. The van der Waals surface area contributed by atoms with E-state index >= 15 is 0 Å². The first-order valence-corrected chi connectivity index (χ1v) is 20.3. The molecule has 5 heterocycles. The van der Waals surface area contributed by atoms with E-state index < -0.39 is 23.8 Å². The van der Waals surface area contributed by atoms with Gasteiger partial charge in [0.15, 0.2) is 0 Å². The van der Waals surface area contributed by atoms with E-state index in [0.29, 0.717) is 29.4 Å². The number of nitrogens with zero attached hydrogens (tertiary/aromatic N) is 7. The fourth-order valence-electron chi connectivity index (χ4n) is 8.84. The monoisotopic (exact) mass is 815 g/mol. The van der Waals surface area contributed by atoms with Gasteiger partial charge in [-0.15, -0.1) is 0 Å². The summed E-state index contributed by atoms with van der Waals surface area (Å²) in [5.41, 5.74) is 1.32. The molecule has 0 radical (unpaired) electrons. The number of amides is 5. The normalized spacial score (nSPS) is 21.1. The van der Waals surface area contributed by atoms with Crippen LogP contribution >= 0.6 is 0 Å². The third-order valence-corrected chi connectivity index (χ3v) is 12.2. The molecule has 3 saturated heterocycles. The number of piperidine rings is 1. The van der Waals surface area contributed by atoms with Crippen molar-refractivity contribution in [3.05, 3.63) is 72.2 Å². The number of aromatic nitrogens is 3. The number of fused-ring (bicyclic) bond motifs is 1. The summed E-state index contributed by atoms with van der Waals surface area (Å²) in [5.74, 6) is 0.149. The number of benzene rings is 2. The highest BCUT2D eigenvalue weighted by Crippen LogP contribution is 2.36. The van der Waals surface area contributed by atoms with Gasteiger partial charge < -0.3 is 19.9 Å². The number of carbonyl (C=O) groups excluding carboxylic acids is 4. The van der Waals surface area contributed by atoms with Crippen molar-refractivity contribution in [1.29, 1.82) is 0 Å². The third-order valence-electron chi connectivity index (χ3n) is 12.2. The Labute approximate surface area is 339 Å². The van der Waals surface area contributed by atoms with Gasteiger partial charge in [-0.1, -0.05) is 6.07 Å². The lowest BCUT2D eigenvalue weighted by molar-refractivity contribution is -0.141. The number of ether oxygens (including phenoxy) is 1. The zero-order valence-corrected chi connectivity index (χ0v) is 32.9. The molecule has 2 aromatic carbocycles. The predicted molar refractivity (Wildman–Crippen MR) is 214 cm³/mol. The second kappa shape index (κ2) is 16.9. The highest BCUT2D eigenvalue weighted by atomic mass is 19.4. The Morgan fingerprint density at radius 1 is 0.881 bits per heavy atom. The zero-order chi connectivity index (χ0) is 41.3. The van der Waals surface area contributed by atoms with Crippen LogP contribution in [0.4, 0.5) is 35.0 Å². The topological polar surface area (TPSA) is 145 Å². The van der Waals surface area contributed by atoms with Gasteiger partial charge in [-0.05, 0) is 86.9 Å². The van der Waals surface area contributed by atoms with Gasteiger partial charge in [0, 0.05) is 93.7 Å². The number of nitrogens with one attached hydrogen (secondary N) is 2. The summed E-state index contributed by atoms with van der Waals surface area (Å²) >= 11 is 0. The third kappa shape index (κ3) is 8.99. The van der Waals surface area contributed by atoms with Crippen LogP contribution in [-0.4, -0.2) is 108 Å². The molecule has 3 aliphatic heterocycles. The standard InChI is InChI=1S/C42H48F3N9O5/c1-59-36-24-34-29(23-35(36)47-39(56)33-3-2-4-37(46-33)42(43,44)45)26-54(49-34)32-7-5-27(6-8-32)25-50-19-21-52(22-20-50)40(57)28-13-16-51(17-14-28)30-9-11-31(12-10-30)53-18-15-38(55)48-41(53)58/h2-4,9-12,23-24,26-28,32H,5-8,13-22,25H2,1H3,(H,47,56)(H,48,55,58). The maximum Gasteiger partial charge on any atom is 0.433 e. The van der Waals surface area contributed by atoms with Crippen LogP contribution in [0.25, 0.3) is 10.9 Å². The van der Waals surface area contributed by atoms with Gasteiger partial charge in [-0.25, -0.2) is 9.78 Å². The second-order valence-corrected chi connectivity index (χ2v) is 15.9. The molecule has 0 spiro atoms. The number of halogens is 3. The number of pyridine rings is 1. The summed E-state index contributed by atoms with van der Waals surface area (Å²) in [6, 6.07) is 14.3. The molecule has 8 rings (SSSR count). The van der Waals surface area contributed by atoms with Crippen molar-refractivity contribution in [1.82, 2.24) is 29.9 Å². The molecule has 1 aliphatic carbocycles. The van der Waals surface area contributed by atoms with Crippen LogP contribution in [0.2, 0.25) is 0 Å². The van der Waals surface area contributed by atoms with Gasteiger partial charge >= 0.3 is 12.2 Å². The summed E-state index contributed by atoms with van der Waals surface area (Å²) in [5, 5.41) is 10.6. The Morgan fingerprint density at radius 3 is 2.27 bits per heavy atom. The van der Waals surface area contributed by atoms with E-state index in [4.69, 9.17) is 9.84 Å². The summed E-state index contributed by atoms with van der Waals surface area (Å²) in [7, 11) is 1.45. The Bertz CT molecular complexity index is 2190. The van der Waals surface area contributed by atoms with Crippen LogP contribution in [0.3, 0.4) is 0 Å². The highest BCUT2D eigenvalue weighted by Gasteiger charge is 2.34. The molecule has 5 amide bonds. The molecule has 4 aliphatic rings. The number of piperazine rings is 1. The number of rotatable bonds is 9. The van der Waals surface area contributed by atoms with Crippen molar-refractivity contribution < 1.29 is 37.1 Å². The SMILES string of the molecule is COc1cc2nn(C3CCC(CN4CCN(C(=O)C5CCN(c6ccc(N7CCC(=O)NC7=O)cc6)CC5)CC4)CC3)cc2cc1NC(=O)c1cccc(C(F)(F)F)n1. The van der Waals surface area contributed by atoms with Crippen molar-refractivity contribution in [2.45, 2.75) is 57.2 Å². The fraction of sp³-hybridized carbons (Fsp3) is 0.476. The Balaban J connectivity index is 0.777. The number of urea groups is 1. The number of alkyl halides is 3. The van der Waals surface area contributed by atoms with Gasteiger partial charge in [0.1, 0.15) is 17.1 Å². The minimum atomic E-state index is -4.67. The summed E-state index contributed by atoms with van der Waals surface area (Å²) in [6.45, 7) is 6.19. The molecule has 59 heavy (non-hydrogen) atoms. The molecule has 2 aromatic heterocycles. The first kappa shape index (κ1) is 40.1. The first-order chi connectivity index (χ1) is 28.4. The van der Waals surface area contributed by atoms with Gasteiger partial charge in [0.2, 0.25) is 11.8 Å². The average Bonchev–Trinajstić information content (AvgIpc) is 3.66. The molecular weight excluding hydrogens is 768 g/mol. The number of hydrogen-bond acceptors (Lipinski definition) is 9. The maximum atomic E-state index is 13.6. The summed E-state index contributed by atoms with van der Waals surface area (Å²) < 4.78 is 47.0. The lowest BCUT2D eigenvalue weighted by Gasteiger charge is -2.40. The molecule has 4 fully saturated rings. The van der Waals surface area contributed by atoms with Gasteiger partial charge in [-0.2, -0.15) is 18.3 Å². The van der Waals surface area contributed by atoms with Crippen LogP contribution in [-0.2, 0) is 15.8 Å². The number of anilines is 3. The Morgan fingerprint density at radius 2 is 1.59 bits per heavy atom. The molecule has 312 valence electrons. The molecule has 17 heteroatoms. The zero-order valence-electron chi connectivity index (χ0n) is 32.9. The minimum Gasteiger partial charge on any atom is -0.494 e. The number of carbonyl (C=O) groups is 4. The summed E-state index contributed by atoms with van der Waals surface area (Å²) in [6.07, 6.45) is 3.23. The first-order valence-electron chi connectivity index (χ1n) is 20.3. The molecule has 0 atom stereocenters. The van der Waals surface area contributed by atoms with E-state index in [-0.39, 0.29) is 35.9 Å². The molecular formula is C42H48F3N9O5. The number of hydrogen-bond donors (Lipinski definition) is 2. The lowest BCUT2D eigenvalue weighted by Crippen LogP contribution is -2.52. The van der Waals surface area contributed by atoms with Crippen LogP contribution in [0, 0.1) is 11.8 Å². The average molecular weight is 816 g/mol. The smallest absolute Gasteiger partial charge is 0.433 e. The summed E-state index contributed by atoms with van der Waals surface area (Å²) in [4.78, 5) is 62.0. The molecule has 2 N–H and O–H groups in total. The van der Waals surface area contributed by atoms with Crippen LogP contribution in [0.5, 0.6) is 5.75 Å². The number of methoxy groups -OCH3 is 1.